The highest BCUT2D eigenvalue weighted by Gasteiger charge is 2.29. The van der Waals surface area contributed by atoms with E-state index in [0.29, 0.717) is 18.6 Å². The van der Waals surface area contributed by atoms with Crippen LogP contribution in [0.5, 0.6) is 0 Å². The molecule has 0 spiro atoms. The number of fused-ring (bicyclic) bond motifs is 1. The molecule has 0 bridgehead atoms. The lowest BCUT2D eigenvalue weighted by molar-refractivity contribution is 0.0702. The van der Waals surface area contributed by atoms with Crippen LogP contribution in [0.2, 0.25) is 0 Å². The van der Waals surface area contributed by atoms with Crippen molar-refractivity contribution in [2.45, 2.75) is 32.2 Å². The zero-order chi connectivity index (χ0) is 19.0. The van der Waals surface area contributed by atoms with E-state index in [1.807, 2.05) is 6.20 Å². The number of carbonyl (C=O) groups is 1. The van der Waals surface area contributed by atoms with Crippen molar-refractivity contribution in [1.29, 1.82) is 0 Å². The first kappa shape index (κ1) is 17.5. The third-order valence-corrected chi connectivity index (χ3v) is 5.24. The monoisotopic (exact) mass is 368 g/mol. The number of amides is 1. The SMILES string of the molecule is CCn1ccnc1[C@H]1CCCN(C(=O)c2c[nH]c3ccc(F)cc3c2=O)C1. The Labute approximate surface area is 155 Å². The summed E-state index contributed by atoms with van der Waals surface area (Å²) in [4.78, 5) is 34.8. The van der Waals surface area contributed by atoms with E-state index in [1.165, 1.54) is 24.4 Å². The minimum atomic E-state index is -0.498. The highest BCUT2D eigenvalue weighted by Crippen LogP contribution is 2.26. The lowest BCUT2D eigenvalue weighted by atomic mass is 9.96. The topological polar surface area (TPSA) is 71.0 Å². The lowest BCUT2D eigenvalue weighted by Crippen LogP contribution is -2.41. The van der Waals surface area contributed by atoms with E-state index in [0.717, 1.165) is 25.2 Å². The van der Waals surface area contributed by atoms with Gasteiger partial charge in [-0.25, -0.2) is 9.37 Å². The van der Waals surface area contributed by atoms with Gasteiger partial charge >= 0.3 is 0 Å². The molecule has 2 aromatic heterocycles. The van der Waals surface area contributed by atoms with Crippen LogP contribution in [0, 0.1) is 5.82 Å². The summed E-state index contributed by atoms with van der Waals surface area (Å²) >= 11 is 0. The van der Waals surface area contributed by atoms with Gasteiger partial charge in [0.1, 0.15) is 17.2 Å². The number of hydrogen-bond donors (Lipinski definition) is 1. The van der Waals surface area contributed by atoms with E-state index in [4.69, 9.17) is 0 Å². The molecule has 1 saturated heterocycles. The largest absolute Gasteiger partial charge is 0.360 e. The van der Waals surface area contributed by atoms with E-state index >= 15 is 0 Å². The van der Waals surface area contributed by atoms with E-state index in [9.17, 15) is 14.0 Å². The maximum absolute atomic E-state index is 13.5. The predicted octanol–water partition coefficient (Wildman–Crippen LogP) is 2.90. The summed E-state index contributed by atoms with van der Waals surface area (Å²) < 4.78 is 15.6. The van der Waals surface area contributed by atoms with Gasteiger partial charge in [-0.2, -0.15) is 0 Å². The number of aromatic amines is 1. The second-order valence-electron chi connectivity index (χ2n) is 6.88. The van der Waals surface area contributed by atoms with Crippen LogP contribution in [-0.2, 0) is 6.54 Å². The first-order valence-electron chi connectivity index (χ1n) is 9.19. The van der Waals surface area contributed by atoms with Gasteiger partial charge in [0.25, 0.3) is 5.91 Å². The highest BCUT2D eigenvalue weighted by atomic mass is 19.1. The molecular formula is C20H21FN4O2. The molecule has 1 amide bonds. The van der Waals surface area contributed by atoms with Gasteiger partial charge in [-0.3, -0.25) is 9.59 Å². The number of aromatic nitrogens is 3. The summed E-state index contributed by atoms with van der Waals surface area (Å²) in [6.07, 6.45) is 6.97. The van der Waals surface area contributed by atoms with Crippen LogP contribution in [0.15, 0.2) is 41.6 Å². The smallest absolute Gasteiger partial charge is 0.259 e. The fourth-order valence-electron chi connectivity index (χ4n) is 3.84. The van der Waals surface area contributed by atoms with Crippen molar-refractivity contribution in [1.82, 2.24) is 19.4 Å². The zero-order valence-corrected chi connectivity index (χ0v) is 15.1. The van der Waals surface area contributed by atoms with Crippen LogP contribution in [0.25, 0.3) is 10.9 Å². The minimum Gasteiger partial charge on any atom is -0.360 e. The fraction of sp³-hybridized carbons (Fsp3) is 0.350. The van der Waals surface area contributed by atoms with Crippen molar-refractivity contribution >= 4 is 16.8 Å². The molecule has 1 aromatic carbocycles. The van der Waals surface area contributed by atoms with Crippen molar-refractivity contribution in [3.63, 3.8) is 0 Å². The van der Waals surface area contributed by atoms with E-state index < -0.39 is 11.2 Å². The molecular weight excluding hydrogens is 347 g/mol. The molecule has 1 N–H and O–H groups in total. The normalized spacial score (nSPS) is 17.4. The predicted molar refractivity (Wildman–Crippen MR) is 100 cm³/mol. The molecule has 7 heteroatoms. The lowest BCUT2D eigenvalue weighted by Gasteiger charge is -2.32. The Balaban J connectivity index is 1.63. The molecule has 0 unspecified atom stereocenters. The number of benzene rings is 1. The maximum atomic E-state index is 13.5. The maximum Gasteiger partial charge on any atom is 0.259 e. The van der Waals surface area contributed by atoms with E-state index in [2.05, 4.69) is 21.5 Å². The Morgan fingerprint density at radius 2 is 2.26 bits per heavy atom. The van der Waals surface area contributed by atoms with Crippen LogP contribution in [-0.4, -0.2) is 38.4 Å². The second kappa shape index (κ2) is 6.98. The van der Waals surface area contributed by atoms with Crippen molar-refractivity contribution in [3.05, 3.63) is 64.2 Å². The van der Waals surface area contributed by atoms with Gasteiger partial charge in [0.05, 0.1) is 0 Å². The number of carbonyl (C=O) groups excluding carboxylic acids is 1. The molecule has 1 atom stereocenters. The minimum absolute atomic E-state index is 0.0487. The Bertz CT molecular complexity index is 1060. The van der Waals surface area contributed by atoms with Gasteiger partial charge in [0, 0.05) is 55.0 Å². The van der Waals surface area contributed by atoms with Gasteiger partial charge in [-0.15, -0.1) is 0 Å². The summed E-state index contributed by atoms with van der Waals surface area (Å²) in [5.41, 5.74) is 0.123. The number of H-pyrrole nitrogens is 1. The van der Waals surface area contributed by atoms with Crippen LogP contribution in [0.3, 0.4) is 0 Å². The molecule has 140 valence electrons. The van der Waals surface area contributed by atoms with Crippen molar-refractivity contribution in [2.24, 2.45) is 0 Å². The summed E-state index contributed by atoms with van der Waals surface area (Å²) in [5, 5.41) is 0.191. The second-order valence-corrected chi connectivity index (χ2v) is 6.88. The molecule has 1 fully saturated rings. The highest BCUT2D eigenvalue weighted by molar-refractivity contribution is 5.97. The molecule has 3 aromatic rings. The Hall–Kier alpha value is -2.96. The van der Waals surface area contributed by atoms with Crippen LogP contribution in [0.1, 0.15) is 41.9 Å². The molecule has 0 aliphatic carbocycles. The van der Waals surface area contributed by atoms with Gasteiger partial charge in [-0.05, 0) is 38.0 Å². The summed E-state index contributed by atoms with van der Waals surface area (Å²) in [6.45, 7) is 4.01. The standard InChI is InChI=1S/C20H21FN4O2/c1-2-24-9-7-22-19(24)13-4-3-8-25(12-13)20(27)16-11-23-17-6-5-14(21)10-15(17)18(16)26/h5-7,9-11,13H,2-4,8,12H2,1H3,(H,23,26)/t13-/m0/s1. The van der Waals surface area contributed by atoms with Gasteiger partial charge in [0.15, 0.2) is 0 Å². The summed E-state index contributed by atoms with van der Waals surface area (Å²) in [7, 11) is 0. The zero-order valence-electron chi connectivity index (χ0n) is 15.1. The number of nitrogens with zero attached hydrogens (tertiary/aromatic N) is 3. The number of imidazole rings is 1. The number of halogens is 1. The first-order chi connectivity index (χ1) is 13.1. The van der Waals surface area contributed by atoms with Gasteiger partial charge in [-0.1, -0.05) is 0 Å². The number of pyridine rings is 1. The van der Waals surface area contributed by atoms with Gasteiger partial charge < -0.3 is 14.5 Å². The number of piperidine rings is 1. The quantitative estimate of drug-likeness (QED) is 0.773. The summed E-state index contributed by atoms with van der Waals surface area (Å²) in [6, 6.07) is 3.95. The molecule has 6 nitrogen and oxygen atoms in total. The average Bonchev–Trinajstić information content (AvgIpc) is 3.17. The molecule has 0 radical (unpaired) electrons. The molecule has 0 saturated carbocycles. The third kappa shape index (κ3) is 3.13. The molecule has 3 heterocycles. The van der Waals surface area contributed by atoms with Crippen LogP contribution in [0.4, 0.5) is 4.39 Å². The molecule has 4 rings (SSSR count). The Morgan fingerprint density at radius 3 is 3.07 bits per heavy atom. The number of hydrogen-bond acceptors (Lipinski definition) is 3. The number of likely N-dealkylation sites (tertiary alicyclic amines) is 1. The van der Waals surface area contributed by atoms with Crippen LogP contribution < -0.4 is 5.43 Å². The van der Waals surface area contributed by atoms with Gasteiger partial charge in [0.2, 0.25) is 5.43 Å². The van der Waals surface area contributed by atoms with Crippen molar-refractivity contribution in [2.75, 3.05) is 13.1 Å². The Morgan fingerprint density at radius 1 is 1.41 bits per heavy atom. The summed E-state index contributed by atoms with van der Waals surface area (Å²) in [5.74, 6) is 0.308. The Kier molecular flexibility index (Phi) is 4.51. The average molecular weight is 368 g/mol. The fourth-order valence-corrected chi connectivity index (χ4v) is 3.84. The number of nitrogens with one attached hydrogen (secondary N) is 1. The van der Waals surface area contributed by atoms with E-state index in [1.54, 1.807) is 11.1 Å². The van der Waals surface area contributed by atoms with Crippen molar-refractivity contribution < 1.29 is 9.18 Å². The third-order valence-electron chi connectivity index (χ3n) is 5.24. The van der Waals surface area contributed by atoms with E-state index in [-0.39, 0.29) is 22.8 Å². The molecule has 1 aliphatic heterocycles. The van der Waals surface area contributed by atoms with Crippen LogP contribution >= 0.6 is 0 Å². The number of aryl methyl sites for hydroxylation is 1. The number of rotatable bonds is 3. The van der Waals surface area contributed by atoms with Crippen molar-refractivity contribution in [3.8, 4) is 0 Å². The molecule has 27 heavy (non-hydrogen) atoms. The first-order valence-corrected chi connectivity index (χ1v) is 9.19. The molecule has 1 aliphatic rings.